The average molecular weight is 1500 g/mol. The Morgan fingerprint density at radius 1 is 0.279 bits per heavy atom. The summed E-state index contributed by atoms with van der Waals surface area (Å²) in [5.74, 6) is -2.29. The van der Waals surface area contributed by atoms with Crippen LogP contribution in [0.15, 0.2) is 158 Å². The van der Waals surface area contributed by atoms with Crippen molar-refractivity contribution in [1.82, 2.24) is 0 Å². The minimum atomic E-state index is -5.00. The number of phosphoric acid groups is 2. The number of carbonyl (C=O) groups is 4. The van der Waals surface area contributed by atoms with Crippen molar-refractivity contribution in [3.05, 3.63) is 158 Å². The van der Waals surface area contributed by atoms with E-state index in [-0.39, 0.29) is 25.7 Å². The number of ether oxygens (including phenoxy) is 4. The van der Waals surface area contributed by atoms with Gasteiger partial charge in [0, 0.05) is 25.7 Å². The van der Waals surface area contributed by atoms with E-state index in [0.29, 0.717) is 32.1 Å². The van der Waals surface area contributed by atoms with Crippen LogP contribution < -0.4 is 0 Å². The SMILES string of the molecule is CC/C=C\C/C=C\C/C=C\C/C=C\C/C=C\CCCC(=O)OCC(COP(=O)(O)OCC(O)COP(=O)(O)OCC(COC(=O)CCCCCCCCC/C=C\C/C=C\C/C=C\CC)OC(=O)CCCCCCCCC/C=C\C/C=C\C/C=C\CC)OC(=O)CCCCCCC/C=C\C/C=C\CCC. The molecule has 3 N–H and O–H groups in total. The van der Waals surface area contributed by atoms with Crippen molar-refractivity contribution in [2.45, 2.75) is 316 Å². The van der Waals surface area contributed by atoms with Gasteiger partial charge in [0.25, 0.3) is 0 Å². The van der Waals surface area contributed by atoms with Gasteiger partial charge in [-0.1, -0.05) is 276 Å². The monoisotopic (exact) mass is 1490 g/mol. The summed E-state index contributed by atoms with van der Waals surface area (Å²) in [6.45, 7) is 4.37. The van der Waals surface area contributed by atoms with Crippen molar-refractivity contribution < 1.29 is 80.2 Å². The van der Waals surface area contributed by atoms with Crippen LogP contribution in [0.5, 0.6) is 0 Å². The predicted octanol–water partition coefficient (Wildman–Crippen LogP) is 23.2. The van der Waals surface area contributed by atoms with Gasteiger partial charge in [-0.2, -0.15) is 0 Å². The van der Waals surface area contributed by atoms with Crippen molar-refractivity contribution in [3.8, 4) is 0 Å². The molecule has 0 aromatic rings. The number of allylic oxidation sites excluding steroid dienone is 26. The van der Waals surface area contributed by atoms with Crippen molar-refractivity contribution in [2.75, 3.05) is 39.6 Å². The van der Waals surface area contributed by atoms with Crippen molar-refractivity contribution in [1.29, 1.82) is 0 Å². The number of rotatable bonds is 73. The molecule has 0 aromatic carbocycles. The van der Waals surface area contributed by atoms with Gasteiger partial charge in [-0.25, -0.2) is 9.13 Å². The van der Waals surface area contributed by atoms with Crippen LogP contribution in [0.25, 0.3) is 0 Å². The summed E-state index contributed by atoms with van der Waals surface area (Å²) in [5.41, 5.74) is 0. The standard InChI is InChI=1S/C85H140O17P2/c1-5-9-13-17-21-25-29-33-36-39-42-46-49-53-57-61-65-69-82(87)95-75-80(101-84(89)71-67-63-59-55-51-45-32-28-24-20-16-12-8-4)77-99-103(91,92)97-73-79(86)74-98-104(93,94)100-78-81(102-85(90)72-68-64-60-56-52-48-44-41-38-35-31-27-23-19-15-11-7-3)76-96-83(88)70-66-62-58-54-50-47-43-40-37-34-30-26-22-18-14-10-6-2/h9-11,13-16,20-23,25-28,32-38,42,46,53,57,79-81,86H,5-8,12,17-19,24,29-31,39-41,43-45,47-52,54-56,58-78H2,1-4H3,(H,91,92)(H,93,94)/b13-9-,14-10-,15-11-,20-16-,25-21-,26-22-,27-23-,32-28-,36-33-,37-34-,38-35-,46-42-,57-53-. The van der Waals surface area contributed by atoms with E-state index in [2.05, 4.69) is 174 Å². The fourth-order valence-electron chi connectivity index (χ4n) is 10.0. The van der Waals surface area contributed by atoms with Crippen LogP contribution in [-0.4, -0.2) is 96.7 Å². The Bertz CT molecular complexity index is 2590. The Kier molecular flexibility index (Phi) is 72.0. The zero-order valence-corrected chi connectivity index (χ0v) is 66.4. The van der Waals surface area contributed by atoms with Gasteiger partial charge < -0.3 is 33.8 Å². The molecule has 0 aliphatic carbocycles. The summed E-state index contributed by atoms with van der Waals surface area (Å²) in [5, 5.41) is 10.6. The van der Waals surface area contributed by atoms with E-state index in [1.54, 1.807) is 0 Å². The van der Waals surface area contributed by atoms with Crippen LogP contribution in [0.2, 0.25) is 0 Å². The Labute approximate surface area is 629 Å². The molecule has 0 saturated carbocycles. The molecule has 5 atom stereocenters. The van der Waals surface area contributed by atoms with Gasteiger partial charge in [0.1, 0.15) is 19.3 Å². The zero-order valence-electron chi connectivity index (χ0n) is 64.6. The molecule has 0 saturated heterocycles. The molecular formula is C85H140O17P2. The third-order valence-corrected chi connectivity index (χ3v) is 17.9. The van der Waals surface area contributed by atoms with E-state index in [1.807, 2.05) is 12.2 Å². The van der Waals surface area contributed by atoms with Crippen LogP contribution in [0, 0.1) is 0 Å². The number of phosphoric ester groups is 2. The van der Waals surface area contributed by atoms with E-state index in [9.17, 15) is 43.2 Å². The Morgan fingerprint density at radius 2 is 0.510 bits per heavy atom. The van der Waals surface area contributed by atoms with E-state index in [0.717, 1.165) is 212 Å². The van der Waals surface area contributed by atoms with Gasteiger partial charge in [0.05, 0.1) is 26.4 Å². The lowest BCUT2D eigenvalue weighted by molar-refractivity contribution is -0.161. The van der Waals surface area contributed by atoms with E-state index in [1.165, 1.54) is 0 Å². The zero-order chi connectivity index (χ0) is 76.0. The van der Waals surface area contributed by atoms with Gasteiger partial charge in [-0.3, -0.25) is 37.3 Å². The summed E-state index contributed by atoms with van der Waals surface area (Å²) in [4.78, 5) is 73.0. The molecule has 0 rings (SSSR count). The van der Waals surface area contributed by atoms with Crippen molar-refractivity contribution >= 4 is 39.5 Å². The quantitative estimate of drug-likeness (QED) is 0.0169. The molecule has 0 heterocycles. The lowest BCUT2D eigenvalue weighted by Gasteiger charge is -2.21. The van der Waals surface area contributed by atoms with Gasteiger partial charge >= 0.3 is 39.5 Å². The summed E-state index contributed by atoms with van der Waals surface area (Å²) in [6, 6.07) is 0. The Balaban J connectivity index is 5.43. The molecule has 0 fully saturated rings. The normalized spacial score (nSPS) is 14.7. The largest absolute Gasteiger partial charge is 0.472 e. The van der Waals surface area contributed by atoms with E-state index in [4.69, 9.17) is 37.0 Å². The fourth-order valence-corrected chi connectivity index (χ4v) is 11.6. The number of carbonyl (C=O) groups excluding carboxylic acids is 4. The van der Waals surface area contributed by atoms with E-state index < -0.39 is 97.5 Å². The van der Waals surface area contributed by atoms with Crippen molar-refractivity contribution in [2.24, 2.45) is 0 Å². The topological polar surface area (TPSA) is 237 Å². The number of unbranched alkanes of at least 4 members (excludes halogenated alkanes) is 21. The minimum absolute atomic E-state index is 0.0616. The van der Waals surface area contributed by atoms with Crippen LogP contribution in [0.1, 0.15) is 297 Å². The molecule has 0 aliphatic heterocycles. The second-order valence-corrected chi connectivity index (χ2v) is 28.8. The molecule has 104 heavy (non-hydrogen) atoms. The summed E-state index contributed by atoms with van der Waals surface area (Å²) in [7, 11) is -9.99. The van der Waals surface area contributed by atoms with Gasteiger partial charge in [0.15, 0.2) is 12.2 Å². The molecule has 0 spiro atoms. The van der Waals surface area contributed by atoms with Gasteiger partial charge in [-0.15, -0.1) is 0 Å². The Hall–Kier alpha value is -5.32. The summed E-state index contributed by atoms with van der Waals surface area (Å²) < 4.78 is 68.5. The molecule has 0 radical (unpaired) electrons. The maximum absolute atomic E-state index is 13.1. The molecule has 0 aromatic heterocycles. The highest BCUT2D eigenvalue weighted by Crippen LogP contribution is 2.45. The number of hydrogen-bond acceptors (Lipinski definition) is 15. The molecule has 19 heteroatoms. The second kappa shape index (κ2) is 75.9. The Morgan fingerprint density at radius 3 is 0.808 bits per heavy atom. The molecule has 5 unspecified atom stereocenters. The summed E-state index contributed by atoms with van der Waals surface area (Å²) in [6.07, 6.45) is 88.0. The first-order chi connectivity index (χ1) is 50.7. The fraction of sp³-hybridized carbons (Fsp3) is 0.647. The first kappa shape index (κ1) is 98.7. The maximum Gasteiger partial charge on any atom is 0.472 e. The molecule has 0 amide bonds. The van der Waals surface area contributed by atoms with Gasteiger partial charge in [0.2, 0.25) is 0 Å². The minimum Gasteiger partial charge on any atom is -0.462 e. The highest BCUT2D eigenvalue weighted by Gasteiger charge is 2.30. The highest BCUT2D eigenvalue weighted by atomic mass is 31.2. The first-order valence-electron chi connectivity index (χ1n) is 39.7. The van der Waals surface area contributed by atoms with Gasteiger partial charge in [-0.05, 0) is 154 Å². The molecular weight excluding hydrogens is 1350 g/mol. The maximum atomic E-state index is 13.1. The van der Waals surface area contributed by atoms with Crippen molar-refractivity contribution in [3.63, 3.8) is 0 Å². The predicted molar refractivity (Wildman–Crippen MR) is 427 cm³/mol. The highest BCUT2D eigenvalue weighted by molar-refractivity contribution is 7.47. The number of aliphatic hydroxyl groups excluding tert-OH is 1. The lowest BCUT2D eigenvalue weighted by Crippen LogP contribution is -2.30. The smallest absolute Gasteiger partial charge is 0.462 e. The second-order valence-electron chi connectivity index (χ2n) is 25.9. The van der Waals surface area contributed by atoms with Crippen LogP contribution in [-0.2, 0) is 65.4 Å². The summed E-state index contributed by atoms with van der Waals surface area (Å²) >= 11 is 0. The number of aliphatic hydroxyl groups is 1. The number of hydrogen-bond donors (Lipinski definition) is 3. The lowest BCUT2D eigenvalue weighted by atomic mass is 10.1. The van der Waals surface area contributed by atoms with Crippen LogP contribution >= 0.6 is 15.6 Å². The first-order valence-corrected chi connectivity index (χ1v) is 42.7. The molecule has 0 aliphatic rings. The van der Waals surface area contributed by atoms with Crippen LogP contribution in [0.3, 0.4) is 0 Å². The third kappa shape index (κ3) is 74.9. The molecule has 17 nitrogen and oxygen atoms in total. The molecule has 0 bridgehead atoms. The molecule has 592 valence electrons. The van der Waals surface area contributed by atoms with Crippen LogP contribution in [0.4, 0.5) is 0 Å². The number of esters is 4. The third-order valence-electron chi connectivity index (χ3n) is 15.9. The average Bonchev–Trinajstić information content (AvgIpc) is 0.910. The van der Waals surface area contributed by atoms with E-state index >= 15 is 0 Å².